The number of hydrogen-bond acceptors (Lipinski definition) is 29. The number of nitrogens with two attached hydrogens (primary N) is 6. The van der Waals surface area contributed by atoms with Gasteiger partial charge in [-0.05, 0) is 198 Å². The molecule has 20 rings (SSSR count). The maximum atomic E-state index is 11.9. The molecule has 15 aromatic heterocycles. The SMILES string of the molecule is CC(C)(C)OC(=O)NCCN1CCCC(c2nc3c(-c4ccsc4)cnn3c(N)c2Br)C1.CN1CCCC(c2nc3c(-c4cnn(C)c4)cnn3c(N)c2Cl)C1.Cn1cc(-c2cnn3c(N)c(Br)c(C4CNCCO4)nc23)cn1.Cn1cc(-c2cnn3c(N)c(Cl)c(C4CCCNC4)nc23)cn1.NCCN1CCCC(c2nc3c(-c4ccsc4)cnn3c(N)c2Br)C1. The summed E-state index contributed by atoms with van der Waals surface area (Å²) in [6, 6.07) is 4.16. The summed E-state index contributed by atoms with van der Waals surface area (Å²) in [5, 5.41) is 53.5. The molecule has 15 aromatic rings. The molecule has 1 amide bonds. The van der Waals surface area contributed by atoms with Crippen molar-refractivity contribution in [3.8, 4) is 55.6 Å². The van der Waals surface area contributed by atoms with E-state index < -0.39 is 5.60 Å². The molecule has 127 heavy (non-hydrogen) atoms. The quantitative estimate of drug-likeness (QED) is 0.0460. The van der Waals surface area contributed by atoms with E-state index in [0.29, 0.717) is 82.9 Å². The molecule has 43 heteroatoms. The second-order valence-corrected chi connectivity index (χ2v) is 38.1. The lowest BCUT2D eigenvalue weighted by atomic mass is 9.94. The number of carbonyl (C=O) groups excluding carboxylic acids is 1. The van der Waals surface area contributed by atoms with Gasteiger partial charge in [0.1, 0.15) is 50.8 Å². The number of alkyl carbamates (subject to hydrolysis) is 1. The van der Waals surface area contributed by atoms with Gasteiger partial charge in [-0.1, -0.05) is 23.2 Å². The number of likely N-dealkylation sites (tertiary alicyclic amines) is 3. The molecule has 5 aliphatic rings. The van der Waals surface area contributed by atoms with Crippen LogP contribution >= 0.6 is 93.7 Å². The van der Waals surface area contributed by atoms with E-state index in [0.717, 1.165) is 243 Å². The second kappa shape index (κ2) is 39.6. The van der Waals surface area contributed by atoms with Crippen molar-refractivity contribution in [3.63, 3.8) is 0 Å². The van der Waals surface area contributed by atoms with Gasteiger partial charge in [0, 0.05) is 173 Å². The molecule has 5 atom stereocenters. The molecule has 20 heterocycles. The number of hydrogen-bond donors (Lipinski definition) is 9. The van der Waals surface area contributed by atoms with Crippen LogP contribution in [0.5, 0.6) is 0 Å². The van der Waals surface area contributed by atoms with Crippen molar-refractivity contribution in [1.29, 1.82) is 0 Å². The van der Waals surface area contributed by atoms with E-state index in [1.807, 2.05) is 78.3 Å². The smallest absolute Gasteiger partial charge is 0.407 e. The standard InChI is InChI=1S/C22H29BrN6O2S.C17H21BrN6S.C16H20ClN7.C15H18ClN7.C14H16BrN7O/c1-22(2,3)31-21(30)25-7-9-28-8-4-5-14(12-28)18-17(23)19(24)29-20(27-18)16(11-26-29)15-6-10-32-13-15;18-14-15(11-2-1-5-23(9-11)6-4-19)22-17-13(12-3-7-25-10-12)8-21-24(17)16(14)20;1-22-5-3-4-10(8-22)14-13(17)15(18)24-16(21-14)12(7-20-24)11-6-19-23(2)9-11;1-22-8-10(6-19-22)11-7-20-23-14(17)12(16)13(21-15(11)23)9-3-2-4-18-5-9;1-21-7-8(4-18-21)9-5-19-22-13(16)11(15)12(20-14(9)22)10-6-17-2-3-23-10/h6,10-11,13-14H,4-5,7-9,12,24H2,1-3H3,(H,25,30);3,7-8,10-11H,1-2,4-6,9,19-20H2;6-7,9-10H,3-5,8,18H2,1-2H3;6-9,18H,2-5,17H2,1H3;4-5,7,10,17H,2-3,6,16H2,1H3. The highest BCUT2D eigenvalue weighted by Crippen LogP contribution is 2.43. The summed E-state index contributed by atoms with van der Waals surface area (Å²) < 4.78 is 27.1. The molecule has 0 radical (unpaired) electrons. The highest BCUT2D eigenvalue weighted by Gasteiger charge is 2.33. The molecule has 36 nitrogen and oxygen atoms in total. The third kappa shape index (κ3) is 19.8. The Bertz CT molecular complexity index is 6210. The first-order valence-corrected chi connectivity index (χ1v) is 47.3. The third-order valence-corrected chi connectivity index (χ3v) is 27.8. The normalized spacial score (nSPS) is 18.5. The van der Waals surface area contributed by atoms with E-state index in [9.17, 15) is 4.79 Å². The van der Waals surface area contributed by atoms with E-state index in [2.05, 4.69) is 155 Å². The Kier molecular flexibility index (Phi) is 28.2. The van der Waals surface area contributed by atoms with Crippen molar-refractivity contribution in [2.75, 3.05) is 134 Å². The second-order valence-electron chi connectivity index (χ2n) is 33.4. The number of rotatable bonds is 15. The maximum Gasteiger partial charge on any atom is 0.407 e. The number of fused-ring (bicyclic) bond motifs is 5. The summed E-state index contributed by atoms with van der Waals surface area (Å²) in [4.78, 5) is 43.5. The number of halogens is 5. The lowest BCUT2D eigenvalue weighted by molar-refractivity contribution is 0.0247. The van der Waals surface area contributed by atoms with Crippen molar-refractivity contribution in [2.45, 2.75) is 108 Å². The molecule has 670 valence electrons. The number of carbonyl (C=O) groups is 1. The van der Waals surface area contributed by atoms with Crippen LogP contribution in [0.25, 0.3) is 83.9 Å². The molecule has 0 bridgehead atoms. The Morgan fingerprint density at radius 3 is 1.28 bits per heavy atom. The zero-order chi connectivity index (χ0) is 89.1. The van der Waals surface area contributed by atoms with Crippen molar-refractivity contribution in [1.82, 2.24) is 133 Å². The van der Waals surface area contributed by atoms with E-state index in [1.54, 1.807) is 96.5 Å². The van der Waals surface area contributed by atoms with Crippen LogP contribution in [0.4, 0.5) is 33.9 Å². The molecule has 5 aliphatic heterocycles. The fourth-order valence-electron chi connectivity index (χ4n) is 16.9. The van der Waals surface area contributed by atoms with Gasteiger partial charge in [-0.3, -0.25) is 14.0 Å². The fraction of sp³-hybridized carbons (Fsp3) is 0.429. The van der Waals surface area contributed by atoms with Gasteiger partial charge in [-0.15, -0.1) is 0 Å². The van der Waals surface area contributed by atoms with Crippen LogP contribution in [0.2, 0.25) is 10.0 Å². The molecule has 0 aromatic carbocycles. The molecule has 5 saturated heterocycles. The first-order chi connectivity index (χ1) is 61.2. The van der Waals surface area contributed by atoms with Crippen LogP contribution in [-0.4, -0.2) is 234 Å². The number of thiophene rings is 2. The van der Waals surface area contributed by atoms with Crippen molar-refractivity contribution in [2.24, 2.45) is 26.9 Å². The predicted octanol–water partition coefficient (Wildman–Crippen LogP) is 12.6. The fourth-order valence-corrected chi connectivity index (χ4v) is 20.4. The number of anilines is 5. The van der Waals surface area contributed by atoms with E-state index >= 15 is 0 Å². The van der Waals surface area contributed by atoms with Crippen molar-refractivity contribution < 1.29 is 14.3 Å². The van der Waals surface area contributed by atoms with Crippen LogP contribution in [0.3, 0.4) is 0 Å². The van der Waals surface area contributed by atoms with Crippen molar-refractivity contribution in [3.05, 3.63) is 154 Å². The number of likely N-dealkylation sites (N-methyl/N-ethyl adjacent to an activating group) is 1. The Labute approximate surface area is 776 Å². The van der Waals surface area contributed by atoms with Crippen LogP contribution in [0, 0.1) is 0 Å². The van der Waals surface area contributed by atoms with E-state index in [-0.39, 0.29) is 24.0 Å². The van der Waals surface area contributed by atoms with Gasteiger partial charge >= 0.3 is 6.09 Å². The number of ether oxygens (including phenoxy) is 2. The highest BCUT2D eigenvalue weighted by molar-refractivity contribution is 9.11. The summed E-state index contributed by atoms with van der Waals surface area (Å²) in [5.41, 5.74) is 54.8. The van der Waals surface area contributed by atoms with E-state index in [1.165, 1.54) is 0 Å². The summed E-state index contributed by atoms with van der Waals surface area (Å²) in [6.45, 7) is 18.6. The van der Waals surface area contributed by atoms with E-state index in [4.69, 9.17) is 92.0 Å². The zero-order valence-electron chi connectivity index (χ0n) is 71.6. The Balaban J connectivity index is 0.000000117. The summed E-state index contributed by atoms with van der Waals surface area (Å²) in [7, 11) is 7.77. The highest BCUT2D eigenvalue weighted by atomic mass is 79.9. The topological polar surface area (TPSA) is 442 Å². The monoisotopic (exact) mass is 1990 g/mol. The number of piperidine rings is 4. The predicted molar refractivity (Wildman–Crippen MR) is 509 cm³/mol. The largest absolute Gasteiger partial charge is 0.444 e. The van der Waals surface area contributed by atoms with Crippen LogP contribution in [0.1, 0.15) is 130 Å². The van der Waals surface area contributed by atoms with Crippen LogP contribution in [-0.2, 0) is 30.6 Å². The van der Waals surface area contributed by atoms with Gasteiger partial charge in [-0.25, -0.2) is 29.7 Å². The molecule has 0 spiro atoms. The Hall–Kier alpha value is -9.86. The number of aromatic nitrogens is 21. The zero-order valence-corrected chi connectivity index (χ0v) is 79.5. The minimum atomic E-state index is -0.494. The summed E-state index contributed by atoms with van der Waals surface area (Å²) >= 11 is 27.2. The van der Waals surface area contributed by atoms with Gasteiger partial charge in [0.25, 0.3) is 0 Å². The molecular formula is C84H104Br3Cl2N33O3S2. The average molecular weight is 2000 g/mol. The van der Waals surface area contributed by atoms with Gasteiger partial charge in [0.2, 0.25) is 0 Å². The van der Waals surface area contributed by atoms with Gasteiger partial charge in [-0.2, -0.15) is 86.0 Å². The molecule has 5 fully saturated rings. The number of nitrogens with one attached hydrogen (secondary N) is 3. The Morgan fingerprint density at radius 2 is 0.890 bits per heavy atom. The van der Waals surface area contributed by atoms with Gasteiger partial charge < -0.3 is 74.5 Å². The van der Waals surface area contributed by atoms with Crippen LogP contribution < -0.4 is 50.4 Å². The first-order valence-electron chi connectivity index (χ1n) is 42.2. The third-order valence-electron chi connectivity index (χ3n) is 23.2. The minimum absolute atomic E-state index is 0.137. The number of nitrogens with zero attached hydrogens (tertiary/aromatic N) is 24. The summed E-state index contributed by atoms with van der Waals surface area (Å²) in [5.74, 6) is 3.74. The number of nitrogen functional groups attached to an aromatic ring is 5. The van der Waals surface area contributed by atoms with Gasteiger partial charge in [0.15, 0.2) is 28.2 Å². The number of amides is 1. The lowest BCUT2D eigenvalue weighted by Gasteiger charge is -2.33. The number of morpholine rings is 1. The average Bonchev–Trinajstić information content (AvgIpc) is 1.67. The maximum absolute atomic E-state index is 11.9. The molecule has 15 N–H and O–H groups in total. The first kappa shape index (κ1) is 90.5. The lowest BCUT2D eigenvalue weighted by Crippen LogP contribution is -2.41. The number of aryl methyl sites for hydroxylation is 3. The molecule has 0 saturated carbocycles. The summed E-state index contributed by atoms with van der Waals surface area (Å²) in [6.07, 6.45) is 28.4. The van der Waals surface area contributed by atoms with Gasteiger partial charge in [0.05, 0.1) is 98.1 Å². The molecule has 5 unspecified atom stereocenters. The Morgan fingerprint density at radius 1 is 0.496 bits per heavy atom. The van der Waals surface area contributed by atoms with Crippen molar-refractivity contribution >= 4 is 157 Å². The molecule has 0 aliphatic carbocycles. The minimum Gasteiger partial charge on any atom is -0.444 e. The molecular weight excluding hydrogens is 1890 g/mol. The van der Waals surface area contributed by atoms with Crippen LogP contribution in [0.15, 0.2) is 115 Å².